The lowest BCUT2D eigenvalue weighted by molar-refractivity contribution is 0.0734. The molecule has 0 aliphatic rings. The molecule has 2 aromatic heterocycles. The molecule has 0 saturated heterocycles. The van der Waals surface area contributed by atoms with E-state index in [1.54, 1.807) is 55.6 Å². The van der Waals surface area contributed by atoms with Gasteiger partial charge in [0, 0.05) is 41.0 Å². The Balaban J connectivity index is 1.74. The van der Waals surface area contributed by atoms with Crippen molar-refractivity contribution in [3.05, 3.63) is 88.8 Å². The first kappa shape index (κ1) is 20.8. The van der Waals surface area contributed by atoms with Gasteiger partial charge in [0.1, 0.15) is 5.75 Å². The van der Waals surface area contributed by atoms with Gasteiger partial charge in [0.25, 0.3) is 0 Å². The van der Waals surface area contributed by atoms with Crippen molar-refractivity contribution in [1.29, 1.82) is 0 Å². The fraction of sp³-hybridized carbons (Fsp3) is 0.0833. The molecule has 0 spiro atoms. The molecule has 0 aliphatic carbocycles. The second kappa shape index (κ2) is 9.13. The van der Waals surface area contributed by atoms with Crippen LogP contribution in [0, 0.1) is 0 Å². The van der Waals surface area contributed by atoms with Crippen molar-refractivity contribution in [2.24, 2.45) is 0 Å². The van der Waals surface area contributed by atoms with Gasteiger partial charge < -0.3 is 14.5 Å². The minimum absolute atomic E-state index is 0.163. The predicted molar refractivity (Wildman–Crippen MR) is 120 cm³/mol. The third kappa shape index (κ3) is 4.49. The quantitative estimate of drug-likeness (QED) is 0.360. The van der Waals surface area contributed by atoms with Crippen LogP contribution in [0.4, 0.5) is 10.5 Å². The number of benzene rings is 2. The number of esters is 1. The number of aromatic amines is 1. The Bertz CT molecular complexity index is 1350. The van der Waals surface area contributed by atoms with Gasteiger partial charge in [-0.05, 0) is 43.3 Å². The molecule has 1 amide bonds. The minimum atomic E-state index is -0.673. The van der Waals surface area contributed by atoms with Crippen molar-refractivity contribution in [2.75, 3.05) is 11.9 Å². The molecule has 2 N–H and O–H groups in total. The van der Waals surface area contributed by atoms with Crippen LogP contribution in [0.5, 0.6) is 5.75 Å². The Morgan fingerprint density at radius 1 is 1.06 bits per heavy atom. The number of hydrogen-bond donors (Lipinski definition) is 2. The summed E-state index contributed by atoms with van der Waals surface area (Å²) < 4.78 is 10.4. The summed E-state index contributed by atoms with van der Waals surface area (Å²) >= 11 is 0. The molecule has 4 aromatic rings. The number of carbonyl (C=O) groups excluding carboxylic acids is 2. The normalized spacial score (nSPS) is 10.5. The number of nitrogens with one attached hydrogen (secondary N) is 2. The molecule has 2 aromatic carbocycles. The molecule has 0 bridgehead atoms. The van der Waals surface area contributed by atoms with Crippen molar-refractivity contribution in [2.45, 2.75) is 6.92 Å². The SMILES string of the molecule is CCOC(=O)Nc1cc(OC(=O)c2cccnc2)ccc1-c1cc(=O)c2ccccc2[nH]1. The number of rotatable bonds is 5. The highest BCUT2D eigenvalue weighted by atomic mass is 16.5. The molecule has 0 aliphatic heterocycles. The Morgan fingerprint density at radius 2 is 1.91 bits per heavy atom. The van der Waals surface area contributed by atoms with Gasteiger partial charge in [0.05, 0.1) is 23.6 Å². The molecule has 160 valence electrons. The van der Waals surface area contributed by atoms with Crippen LogP contribution in [-0.4, -0.2) is 28.6 Å². The minimum Gasteiger partial charge on any atom is -0.450 e. The number of amides is 1. The number of pyridine rings is 2. The molecule has 8 nitrogen and oxygen atoms in total. The number of ether oxygens (including phenoxy) is 2. The zero-order valence-corrected chi connectivity index (χ0v) is 17.1. The molecular weight excluding hydrogens is 410 g/mol. The van der Waals surface area contributed by atoms with E-state index in [2.05, 4.69) is 15.3 Å². The van der Waals surface area contributed by atoms with Crippen LogP contribution in [0.2, 0.25) is 0 Å². The number of anilines is 1. The van der Waals surface area contributed by atoms with Gasteiger partial charge in [-0.3, -0.25) is 15.1 Å². The monoisotopic (exact) mass is 429 g/mol. The van der Waals surface area contributed by atoms with E-state index in [1.807, 2.05) is 6.07 Å². The lowest BCUT2D eigenvalue weighted by atomic mass is 10.1. The summed E-state index contributed by atoms with van der Waals surface area (Å²) in [6.07, 6.45) is 2.28. The highest BCUT2D eigenvalue weighted by molar-refractivity contribution is 5.94. The summed E-state index contributed by atoms with van der Waals surface area (Å²) in [6, 6.07) is 16.5. The van der Waals surface area contributed by atoms with E-state index in [9.17, 15) is 14.4 Å². The number of nitrogens with zero attached hydrogens (tertiary/aromatic N) is 1. The predicted octanol–water partition coefficient (Wildman–Crippen LogP) is 4.38. The molecule has 0 unspecified atom stereocenters. The van der Waals surface area contributed by atoms with Gasteiger partial charge >= 0.3 is 12.1 Å². The van der Waals surface area contributed by atoms with Crippen LogP contribution in [0.15, 0.2) is 77.9 Å². The number of para-hydroxylation sites is 1. The van der Waals surface area contributed by atoms with Crippen LogP contribution in [0.25, 0.3) is 22.2 Å². The van der Waals surface area contributed by atoms with E-state index < -0.39 is 12.1 Å². The summed E-state index contributed by atoms with van der Waals surface area (Å²) in [6.45, 7) is 1.87. The Morgan fingerprint density at radius 3 is 2.69 bits per heavy atom. The lowest BCUT2D eigenvalue weighted by Gasteiger charge is -2.14. The van der Waals surface area contributed by atoms with Crippen molar-refractivity contribution in [3.63, 3.8) is 0 Å². The van der Waals surface area contributed by atoms with Crippen molar-refractivity contribution < 1.29 is 19.1 Å². The Hall–Kier alpha value is -4.46. The first-order valence-corrected chi connectivity index (χ1v) is 9.87. The zero-order chi connectivity index (χ0) is 22.5. The standard InChI is InChI=1S/C24H19N3O5/c1-2-31-24(30)27-20-12-16(32-23(29)15-6-5-11-25-14-15)9-10-17(20)21-13-22(28)18-7-3-4-8-19(18)26-21/h3-14H,2H2,1H3,(H,26,28)(H,27,30). The number of carbonyl (C=O) groups is 2. The van der Waals surface area contributed by atoms with Crippen LogP contribution in [-0.2, 0) is 4.74 Å². The van der Waals surface area contributed by atoms with Crippen molar-refractivity contribution in [3.8, 4) is 17.0 Å². The van der Waals surface area contributed by atoms with E-state index in [0.717, 1.165) is 0 Å². The van der Waals surface area contributed by atoms with Crippen molar-refractivity contribution in [1.82, 2.24) is 9.97 Å². The van der Waals surface area contributed by atoms with Gasteiger partial charge in [-0.25, -0.2) is 9.59 Å². The highest BCUT2D eigenvalue weighted by Crippen LogP contribution is 2.31. The molecule has 2 heterocycles. The summed E-state index contributed by atoms with van der Waals surface area (Å²) in [4.78, 5) is 44.2. The fourth-order valence-corrected chi connectivity index (χ4v) is 3.19. The summed E-state index contributed by atoms with van der Waals surface area (Å²) in [5.74, 6) is -0.385. The third-order valence-electron chi connectivity index (χ3n) is 4.64. The highest BCUT2D eigenvalue weighted by Gasteiger charge is 2.15. The Labute approximate surface area is 182 Å². The van der Waals surface area contributed by atoms with Gasteiger partial charge in [0.15, 0.2) is 5.43 Å². The van der Waals surface area contributed by atoms with Crippen molar-refractivity contribution >= 4 is 28.7 Å². The number of aromatic nitrogens is 2. The first-order valence-electron chi connectivity index (χ1n) is 9.87. The molecule has 0 fully saturated rings. The largest absolute Gasteiger partial charge is 0.450 e. The number of H-pyrrole nitrogens is 1. The van der Waals surface area contributed by atoms with E-state index in [4.69, 9.17) is 9.47 Å². The second-order valence-corrected chi connectivity index (χ2v) is 6.78. The smallest absolute Gasteiger partial charge is 0.411 e. The molecule has 0 radical (unpaired) electrons. The summed E-state index contributed by atoms with van der Waals surface area (Å²) in [5.41, 5.74) is 2.11. The maximum absolute atomic E-state index is 12.6. The molecule has 0 atom stereocenters. The topological polar surface area (TPSA) is 110 Å². The molecule has 4 rings (SSSR count). The second-order valence-electron chi connectivity index (χ2n) is 6.78. The number of hydrogen-bond acceptors (Lipinski definition) is 6. The van der Waals surface area contributed by atoms with Gasteiger partial charge in [0.2, 0.25) is 0 Å². The fourth-order valence-electron chi connectivity index (χ4n) is 3.19. The lowest BCUT2D eigenvalue weighted by Crippen LogP contribution is -2.15. The summed E-state index contributed by atoms with van der Waals surface area (Å²) in [5, 5.41) is 3.20. The van der Waals surface area contributed by atoms with Crippen LogP contribution in [0.3, 0.4) is 0 Å². The van der Waals surface area contributed by atoms with E-state index >= 15 is 0 Å². The molecule has 32 heavy (non-hydrogen) atoms. The van der Waals surface area contributed by atoms with E-state index in [0.29, 0.717) is 27.8 Å². The van der Waals surface area contributed by atoms with E-state index in [-0.39, 0.29) is 23.3 Å². The Kier molecular flexibility index (Phi) is 5.94. The summed E-state index contributed by atoms with van der Waals surface area (Å²) in [7, 11) is 0. The molecular formula is C24H19N3O5. The van der Waals surface area contributed by atoms with Gasteiger partial charge in [-0.1, -0.05) is 12.1 Å². The van der Waals surface area contributed by atoms with Crippen LogP contribution in [0.1, 0.15) is 17.3 Å². The molecule has 8 heteroatoms. The van der Waals surface area contributed by atoms with Gasteiger partial charge in [-0.15, -0.1) is 0 Å². The van der Waals surface area contributed by atoms with Gasteiger partial charge in [-0.2, -0.15) is 0 Å². The molecule has 0 saturated carbocycles. The average Bonchev–Trinajstić information content (AvgIpc) is 2.80. The van der Waals surface area contributed by atoms with Crippen LogP contribution >= 0.6 is 0 Å². The number of fused-ring (bicyclic) bond motifs is 1. The maximum atomic E-state index is 12.6. The average molecular weight is 429 g/mol. The maximum Gasteiger partial charge on any atom is 0.411 e. The third-order valence-corrected chi connectivity index (χ3v) is 4.64. The van der Waals surface area contributed by atoms with Crippen LogP contribution < -0.4 is 15.5 Å². The van der Waals surface area contributed by atoms with E-state index in [1.165, 1.54) is 18.3 Å². The zero-order valence-electron chi connectivity index (χ0n) is 17.1. The first-order chi connectivity index (χ1) is 15.5.